The van der Waals surface area contributed by atoms with E-state index >= 15 is 0 Å². The van der Waals surface area contributed by atoms with Crippen LogP contribution in [0.25, 0.3) is 0 Å². The SMILES string of the molecule is Cc1ccc(NC(=O)c2ccc3c(c2)NCCN3)cc1F. The minimum atomic E-state index is -0.330. The van der Waals surface area contributed by atoms with Gasteiger partial charge in [0, 0.05) is 24.3 Å². The Labute approximate surface area is 122 Å². The molecular weight excluding hydrogens is 269 g/mol. The number of nitrogens with one attached hydrogen (secondary N) is 3. The number of benzene rings is 2. The molecule has 3 rings (SSSR count). The van der Waals surface area contributed by atoms with Crippen molar-refractivity contribution in [2.24, 2.45) is 0 Å². The normalized spacial score (nSPS) is 12.9. The molecule has 2 aromatic carbocycles. The molecule has 0 aliphatic carbocycles. The molecule has 21 heavy (non-hydrogen) atoms. The molecule has 0 bridgehead atoms. The van der Waals surface area contributed by atoms with Crippen molar-refractivity contribution in [1.29, 1.82) is 0 Å². The van der Waals surface area contributed by atoms with E-state index < -0.39 is 0 Å². The van der Waals surface area contributed by atoms with Crippen LogP contribution < -0.4 is 16.0 Å². The fraction of sp³-hybridized carbons (Fsp3) is 0.188. The molecule has 0 saturated heterocycles. The maximum Gasteiger partial charge on any atom is 0.255 e. The predicted octanol–water partition coefficient (Wildman–Crippen LogP) is 3.22. The van der Waals surface area contributed by atoms with Crippen LogP contribution in [0.3, 0.4) is 0 Å². The van der Waals surface area contributed by atoms with Gasteiger partial charge in [0.25, 0.3) is 5.91 Å². The summed E-state index contributed by atoms with van der Waals surface area (Å²) in [5.74, 6) is -0.586. The van der Waals surface area contributed by atoms with Gasteiger partial charge in [0.15, 0.2) is 0 Å². The Hall–Kier alpha value is -2.56. The highest BCUT2D eigenvalue weighted by atomic mass is 19.1. The molecule has 0 unspecified atom stereocenters. The third-order valence-corrected chi connectivity index (χ3v) is 3.47. The van der Waals surface area contributed by atoms with Crippen LogP contribution >= 0.6 is 0 Å². The van der Waals surface area contributed by atoms with E-state index in [0.29, 0.717) is 16.8 Å². The first-order valence-electron chi connectivity index (χ1n) is 6.83. The van der Waals surface area contributed by atoms with Crippen LogP contribution in [0.2, 0.25) is 0 Å². The number of anilines is 3. The quantitative estimate of drug-likeness (QED) is 0.794. The number of amides is 1. The topological polar surface area (TPSA) is 53.2 Å². The number of fused-ring (bicyclic) bond motifs is 1. The number of carbonyl (C=O) groups excluding carboxylic acids is 1. The van der Waals surface area contributed by atoms with Gasteiger partial charge in [-0.05, 0) is 42.8 Å². The number of aryl methyl sites for hydroxylation is 1. The van der Waals surface area contributed by atoms with E-state index in [1.807, 2.05) is 6.07 Å². The Morgan fingerprint density at radius 3 is 2.62 bits per heavy atom. The largest absolute Gasteiger partial charge is 0.382 e. The van der Waals surface area contributed by atoms with Crippen LogP contribution in [0.15, 0.2) is 36.4 Å². The molecule has 2 aromatic rings. The van der Waals surface area contributed by atoms with Crippen LogP contribution in [-0.2, 0) is 0 Å². The maximum absolute atomic E-state index is 13.5. The smallest absolute Gasteiger partial charge is 0.255 e. The summed E-state index contributed by atoms with van der Waals surface area (Å²) in [7, 11) is 0. The molecule has 0 spiro atoms. The third-order valence-electron chi connectivity index (χ3n) is 3.47. The van der Waals surface area contributed by atoms with Gasteiger partial charge in [-0.1, -0.05) is 6.07 Å². The molecule has 1 amide bonds. The first-order valence-corrected chi connectivity index (χ1v) is 6.83. The van der Waals surface area contributed by atoms with E-state index in [9.17, 15) is 9.18 Å². The van der Waals surface area contributed by atoms with Crippen molar-refractivity contribution in [3.8, 4) is 0 Å². The minimum Gasteiger partial charge on any atom is -0.382 e. The van der Waals surface area contributed by atoms with Gasteiger partial charge in [0.1, 0.15) is 5.82 Å². The van der Waals surface area contributed by atoms with E-state index in [-0.39, 0.29) is 11.7 Å². The summed E-state index contributed by atoms with van der Waals surface area (Å²) >= 11 is 0. The van der Waals surface area contributed by atoms with Crippen LogP contribution in [0.4, 0.5) is 21.5 Å². The number of hydrogen-bond donors (Lipinski definition) is 3. The Bertz CT molecular complexity index is 700. The number of halogens is 1. The summed E-state index contributed by atoms with van der Waals surface area (Å²) in [4.78, 5) is 12.2. The van der Waals surface area contributed by atoms with Crippen LogP contribution in [-0.4, -0.2) is 19.0 Å². The molecule has 1 aliphatic heterocycles. The molecule has 1 aliphatic rings. The van der Waals surface area contributed by atoms with E-state index in [1.54, 1.807) is 31.2 Å². The fourth-order valence-corrected chi connectivity index (χ4v) is 2.25. The van der Waals surface area contributed by atoms with Gasteiger partial charge < -0.3 is 16.0 Å². The van der Waals surface area contributed by atoms with E-state index in [1.165, 1.54) is 6.07 Å². The highest BCUT2D eigenvalue weighted by Crippen LogP contribution is 2.25. The molecule has 1 heterocycles. The molecular formula is C16H16FN3O. The average Bonchev–Trinajstić information content (AvgIpc) is 2.50. The highest BCUT2D eigenvalue weighted by molar-refractivity contribution is 6.05. The molecule has 0 fully saturated rings. The molecule has 3 N–H and O–H groups in total. The third kappa shape index (κ3) is 2.81. The summed E-state index contributed by atoms with van der Waals surface area (Å²) in [5.41, 5.74) is 3.43. The van der Waals surface area contributed by atoms with Crippen molar-refractivity contribution in [2.75, 3.05) is 29.0 Å². The van der Waals surface area contributed by atoms with E-state index in [2.05, 4.69) is 16.0 Å². The van der Waals surface area contributed by atoms with Crippen molar-refractivity contribution in [2.45, 2.75) is 6.92 Å². The zero-order valence-corrected chi connectivity index (χ0v) is 11.7. The summed E-state index contributed by atoms with van der Waals surface area (Å²) in [6.45, 7) is 3.37. The molecule has 0 atom stereocenters. The van der Waals surface area contributed by atoms with E-state index in [4.69, 9.17) is 0 Å². The highest BCUT2D eigenvalue weighted by Gasteiger charge is 2.12. The van der Waals surface area contributed by atoms with Gasteiger partial charge in [-0.15, -0.1) is 0 Å². The van der Waals surface area contributed by atoms with Crippen LogP contribution in [0.1, 0.15) is 15.9 Å². The number of carbonyl (C=O) groups is 1. The summed E-state index contributed by atoms with van der Waals surface area (Å²) < 4.78 is 13.5. The summed E-state index contributed by atoms with van der Waals surface area (Å²) in [5, 5.41) is 9.19. The van der Waals surface area contributed by atoms with Gasteiger partial charge in [-0.2, -0.15) is 0 Å². The second-order valence-electron chi connectivity index (χ2n) is 5.03. The second-order valence-corrected chi connectivity index (χ2v) is 5.03. The summed E-state index contributed by atoms with van der Waals surface area (Å²) in [6, 6.07) is 10.1. The molecule has 5 heteroatoms. The molecule has 4 nitrogen and oxygen atoms in total. The summed E-state index contributed by atoms with van der Waals surface area (Å²) in [6.07, 6.45) is 0. The number of hydrogen-bond acceptors (Lipinski definition) is 3. The Morgan fingerprint density at radius 2 is 1.86 bits per heavy atom. The van der Waals surface area contributed by atoms with Crippen molar-refractivity contribution in [1.82, 2.24) is 0 Å². The van der Waals surface area contributed by atoms with Gasteiger partial charge in [-0.3, -0.25) is 4.79 Å². The lowest BCUT2D eigenvalue weighted by molar-refractivity contribution is 0.102. The molecule has 0 saturated carbocycles. The lowest BCUT2D eigenvalue weighted by atomic mass is 10.1. The molecule has 108 valence electrons. The zero-order chi connectivity index (χ0) is 14.8. The van der Waals surface area contributed by atoms with Crippen molar-refractivity contribution in [3.63, 3.8) is 0 Å². The minimum absolute atomic E-state index is 0.256. The Morgan fingerprint density at radius 1 is 1.10 bits per heavy atom. The molecule has 0 radical (unpaired) electrons. The van der Waals surface area contributed by atoms with Crippen LogP contribution in [0, 0.1) is 12.7 Å². The first-order chi connectivity index (χ1) is 10.1. The monoisotopic (exact) mass is 285 g/mol. The molecule has 0 aromatic heterocycles. The predicted molar refractivity (Wildman–Crippen MR) is 82.5 cm³/mol. The van der Waals surface area contributed by atoms with Crippen LogP contribution in [0.5, 0.6) is 0 Å². The van der Waals surface area contributed by atoms with Crippen molar-refractivity contribution >= 4 is 23.0 Å². The zero-order valence-electron chi connectivity index (χ0n) is 11.7. The average molecular weight is 285 g/mol. The fourth-order valence-electron chi connectivity index (χ4n) is 2.25. The van der Waals surface area contributed by atoms with Crippen molar-refractivity contribution < 1.29 is 9.18 Å². The van der Waals surface area contributed by atoms with Gasteiger partial charge >= 0.3 is 0 Å². The van der Waals surface area contributed by atoms with Gasteiger partial charge in [-0.25, -0.2) is 4.39 Å². The van der Waals surface area contributed by atoms with Gasteiger partial charge in [0.05, 0.1) is 11.4 Å². The second kappa shape index (κ2) is 5.44. The Balaban J connectivity index is 1.80. The lowest BCUT2D eigenvalue weighted by Gasteiger charge is -2.20. The van der Waals surface area contributed by atoms with Gasteiger partial charge in [0.2, 0.25) is 0 Å². The maximum atomic E-state index is 13.5. The van der Waals surface area contributed by atoms with E-state index in [0.717, 1.165) is 24.5 Å². The standard InChI is InChI=1S/C16H16FN3O/c1-10-2-4-12(9-13(10)17)20-16(21)11-3-5-14-15(8-11)19-7-6-18-14/h2-5,8-9,18-19H,6-7H2,1H3,(H,20,21). The van der Waals surface area contributed by atoms with Crippen molar-refractivity contribution in [3.05, 3.63) is 53.3 Å². The Kier molecular flexibility index (Phi) is 3.48. The first kappa shape index (κ1) is 13.4. The lowest BCUT2D eigenvalue weighted by Crippen LogP contribution is -2.21. The number of rotatable bonds is 2.